The maximum atomic E-state index is 6.24. The van der Waals surface area contributed by atoms with Gasteiger partial charge in [0.2, 0.25) is 0 Å². The van der Waals surface area contributed by atoms with Gasteiger partial charge in [0.15, 0.2) is 0 Å². The molecule has 0 aromatic rings. The molecule has 43 heavy (non-hydrogen) atoms. The van der Waals surface area contributed by atoms with Gasteiger partial charge < -0.3 is 0 Å². The Kier molecular flexibility index (Phi) is 27.0. The molecule has 0 heterocycles. The van der Waals surface area contributed by atoms with Crippen molar-refractivity contribution in [1.29, 1.82) is 5.53 Å². The first kappa shape index (κ1) is 34.6. The van der Waals surface area contributed by atoms with Crippen molar-refractivity contribution in [3.8, 4) is 0 Å². The van der Waals surface area contributed by atoms with E-state index in [1.165, 1.54) is 7.05 Å². The lowest BCUT2D eigenvalue weighted by Gasteiger charge is -1.70. The molecule has 0 aliphatic rings. The molecule has 0 aromatic carbocycles. The molecule has 0 rings (SSSR count). The molecule has 42 nitrogen and oxygen atoms in total. The van der Waals surface area contributed by atoms with E-state index in [2.05, 4.69) is 214 Å². The molecular formula is CH4N42. The minimum atomic E-state index is 1.38. The molecule has 0 spiro atoms. The Labute approximate surface area is 227 Å². The molecule has 0 aliphatic carbocycles. The first-order valence-corrected chi connectivity index (χ1v) is 8.67. The average molecular weight is 604 g/mol. The van der Waals surface area contributed by atoms with Crippen molar-refractivity contribution >= 4 is 0 Å². The first-order valence-electron chi connectivity index (χ1n) is 8.67. The Bertz CT molecular complexity index is 1300. The number of hydrogen-bond acceptors (Lipinski definition) is 2. The van der Waals surface area contributed by atoms with E-state index in [4.69, 9.17) is 5.53 Å². The zero-order valence-electron chi connectivity index (χ0n) is 19.8. The lowest BCUT2D eigenvalue weighted by atomic mass is 11.6. The van der Waals surface area contributed by atoms with Crippen LogP contribution in [0.2, 0.25) is 0 Å². The quantitative estimate of drug-likeness (QED) is 0.102. The highest BCUT2D eigenvalue weighted by molar-refractivity contribution is 4.17. The molecule has 0 amide bonds. The SMILES string of the molecule is C/N=N/N=N/N=N/N=N/N=N/N=N/N=N/N=N/N=N/N=N/N=N/N=N/N=N/N=N/N=N/N=N/N=N/N=N/N=N/N=N/N=N. The Morgan fingerprint density at radius 2 is 0.302 bits per heavy atom. The minimum Gasteiger partial charge on any atom is -0.183 e. The highest BCUT2D eigenvalue weighted by Gasteiger charge is 1.74. The van der Waals surface area contributed by atoms with Crippen LogP contribution in [0.4, 0.5) is 0 Å². The molecule has 1 N–H and O–H groups in total. The van der Waals surface area contributed by atoms with Crippen molar-refractivity contribution in [2.24, 2.45) is 214 Å². The zero-order chi connectivity index (χ0) is 31.0. The second-order valence-electron chi connectivity index (χ2n) is 3.79. The van der Waals surface area contributed by atoms with Crippen LogP contribution in [-0.2, 0) is 0 Å². The molecular weight excluding hydrogens is 600 g/mol. The number of nitrogens with zero attached hydrogens (tertiary/aromatic N) is 41. The summed E-state index contributed by atoms with van der Waals surface area (Å²) in [5, 5.41) is 122. The molecule has 0 bridgehead atoms. The zero-order valence-corrected chi connectivity index (χ0v) is 19.8. The fourth-order valence-electron chi connectivity index (χ4n) is 0.722. The standard InChI is InChI=1S/CH4N42/c1-3-5-7-9-11-13-15-17-19-21-23-25-27-29-31-33-35-37-39-41-43-42-40-38-36-34-32-30-28-26-24-22-20-18-16-14-12-10-8-6-4-2/h2H,1H3/b4-2?,5-3+,8-6+,9-7+,12-10+,13-11+,16-14+,17-15+,20-18+,21-19+,24-22+,25-23+,28-26+,29-27+,32-30+,33-31+,36-34+,37-35+,40-38+,41-39+,43-42+. The molecule has 0 radical (unpaired) electrons. The summed E-state index contributed by atoms with van der Waals surface area (Å²) in [6.07, 6.45) is 0. The molecule has 42 heteroatoms. The molecule has 0 saturated carbocycles. The van der Waals surface area contributed by atoms with Crippen molar-refractivity contribution in [2.45, 2.75) is 0 Å². The van der Waals surface area contributed by atoms with Gasteiger partial charge in [-0.1, -0.05) is 0 Å². The topological polar surface area (TPSA) is 531 Å². The fraction of sp³-hybridized carbons (Fsp3) is 1.00. The Hall–Kier alpha value is -8.40. The van der Waals surface area contributed by atoms with E-state index in [0.29, 0.717) is 0 Å². The van der Waals surface area contributed by atoms with Gasteiger partial charge in [0.25, 0.3) is 0 Å². The van der Waals surface area contributed by atoms with Gasteiger partial charge in [-0.3, -0.25) is 0 Å². The third-order valence-corrected chi connectivity index (χ3v) is 1.65. The van der Waals surface area contributed by atoms with Crippen molar-refractivity contribution in [2.75, 3.05) is 7.05 Å². The lowest BCUT2D eigenvalue weighted by molar-refractivity contribution is 0.726. The second-order valence-corrected chi connectivity index (χ2v) is 3.79. The summed E-state index contributed by atoms with van der Waals surface area (Å²) in [7, 11) is 1.38. The van der Waals surface area contributed by atoms with E-state index < -0.39 is 0 Å². The van der Waals surface area contributed by atoms with Gasteiger partial charge in [0.1, 0.15) is 0 Å². The summed E-state index contributed by atoms with van der Waals surface area (Å²) < 4.78 is 0. The van der Waals surface area contributed by atoms with Gasteiger partial charge in [-0.15, -0.1) is 0 Å². The summed E-state index contributed by atoms with van der Waals surface area (Å²) >= 11 is 0. The third kappa shape index (κ3) is 33.6. The van der Waals surface area contributed by atoms with E-state index in [1.54, 1.807) is 0 Å². The maximum Gasteiger partial charge on any atom is 0.0510 e. The Morgan fingerprint density at radius 1 is 0.186 bits per heavy atom. The van der Waals surface area contributed by atoms with E-state index in [9.17, 15) is 0 Å². The van der Waals surface area contributed by atoms with E-state index in [-0.39, 0.29) is 0 Å². The van der Waals surface area contributed by atoms with Crippen molar-refractivity contribution in [1.82, 2.24) is 0 Å². The van der Waals surface area contributed by atoms with E-state index in [1.807, 2.05) is 0 Å². The van der Waals surface area contributed by atoms with Gasteiger partial charge in [-0.2, -0.15) is 10.6 Å². The molecule has 0 aromatic heterocycles. The molecule has 0 fully saturated rings. The van der Waals surface area contributed by atoms with Crippen LogP contribution in [0.15, 0.2) is 214 Å². The normalized spacial score (nSPS) is 15.2. The van der Waals surface area contributed by atoms with Crippen molar-refractivity contribution in [3.63, 3.8) is 0 Å². The summed E-state index contributed by atoms with van der Waals surface area (Å²) in [5.74, 6) is 0. The van der Waals surface area contributed by atoms with Crippen LogP contribution in [0.1, 0.15) is 0 Å². The summed E-state index contributed by atoms with van der Waals surface area (Å²) in [6, 6.07) is 0. The van der Waals surface area contributed by atoms with Crippen LogP contribution in [-0.4, -0.2) is 7.05 Å². The van der Waals surface area contributed by atoms with Crippen LogP contribution in [0.5, 0.6) is 0 Å². The van der Waals surface area contributed by atoms with Crippen molar-refractivity contribution < 1.29 is 0 Å². The maximum absolute atomic E-state index is 6.24. The van der Waals surface area contributed by atoms with E-state index in [0.717, 1.165) is 0 Å². The molecule has 218 valence electrons. The Morgan fingerprint density at radius 3 is 0.419 bits per heavy atom. The smallest absolute Gasteiger partial charge is 0.0510 e. The Balaban J connectivity index is 4.03. The van der Waals surface area contributed by atoms with Crippen LogP contribution >= 0.6 is 0 Å². The molecule has 0 unspecified atom stereocenters. The lowest BCUT2D eigenvalue weighted by Crippen LogP contribution is -1.52. The third-order valence-electron chi connectivity index (χ3n) is 1.65. The highest BCUT2D eigenvalue weighted by Crippen LogP contribution is 1.92. The van der Waals surface area contributed by atoms with Gasteiger partial charge in [-0.25, -0.2) is 0 Å². The minimum absolute atomic E-state index is 1.38. The fourth-order valence-corrected chi connectivity index (χ4v) is 0.722. The van der Waals surface area contributed by atoms with Crippen LogP contribution in [0.3, 0.4) is 0 Å². The van der Waals surface area contributed by atoms with Crippen LogP contribution in [0.25, 0.3) is 0 Å². The number of nitrogens with one attached hydrogen (secondary N) is 1. The molecule has 0 aliphatic heterocycles. The summed E-state index contributed by atoms with van der Waals surface area (Å²) in [4.78, 5) is 0. The first-order chi connectivity index (χ1) is 21.4. The number of hydrogen-bond donors (Lipinski definition) is 1. The number of rotatable bonds is 20. The average Bonchev–Trinajstić information content (AvgIpc) is 3.02. The predicted molar refractivity (Wildman–Crippen MR) is 108 cm³/mol. The van der Waals surface area contributed by atoms with Gasteiger partial charge in [0.05, 0.1) is 7.05 Å². The second kappa shape index (κ2) is 33.6. The predicted octanol–water partition coefficient (Wildman–Crippen LogP) is 7.99. The van der Waals surface area contributed by atoms with Crippen molar-refractivity contribution in [3.05, 3.63) is 0 Å². The van der Waals surface area contributed by atoms with Crippen LogP contribution in [0, 0.1) is 5.53 Å². The van der Waals surface area contributed by atoms with E-state index >= 15 is 0 Å². The largest absolute Gasteiger partial charge is 0.183 e. The summed E-state index contributed by atoms with van der Waals surface area (Å²) in [6.45, 7) is 0. The molecule has 0 atom stereocenters. The summed E-state index contributed by atoms with van der Waals surface area (Å²) in [5.41, 5.74) is 6.24. The monoisotopic (exact) mass is 604 g/mol. The van der Waals surface area contributed by atoms with Gasteiger partial charge in [0, 0.05) is 125 Å². The molecule has 0 saturated heterocycles. The highest BCUT2D eigenvalue weighted by atomic mass is 15.7. The van der Waals surface area contributed by atoms with Crippen LogP contribution < -0.4 is 0 Å². The van der Waals surface area contributed by atoms with Gasteiger partial charge >= 0.3 is 0 Å². The van der Waals surface area contributed by atoms with Gasteiger partial charge in [-0.05, 0) is 83.6 Å².